The minimum Gasteiger partial charge on any atom is -0.493 e. The molecule has 6 heteroatoms. The quantitative estimate of drug-likeness (QED) is 0.523. The van der Waals surface area contributed by atoms with E-state index in [9.17, 15) is 0 Å². The Bertz CT molecular complexity index is 505. The molecule has 2 rings (SSSR count). The summed E-state index contributed by atoms with van der Waals surface area (Å²) in [5.41, 5.74) is 1.15. The number of hydrogen-bond donors (Lipinski definition) is 1. The van der Waals surface area contributed by atoms with Crippen LogP contribution in [0.15, 0.2) is 29.3 Å². The average Bonchev–Trinajstić information content (AvgIpc) is 2.58. The molecule has 0 amide bonds. The SMILES string of the molecule is C=CCOc1c(Br)cc(CNCCN2CCOCC2)cc1OC. The Labute approximate surface area is 146 Å². The molecule has 1 saturated heterocycles. The van der Waals surface area contributed by atoms with Gasteiger partial charge in [-0.1, -0.05) is 12.7 Å². The summed E-state index contributed by atoms with van der Waals surface area (Å²) >= 11 is 3.55. The molecule has 1 N–H and O–H groups in total. The topological polar surface area (TPSA) is 43.0 Å². The zero-order valence-electron chi connectivity index (χ0n) is 13.6. The van der Waals surface area contributed by atoms with Crippen LogP contribution in [0.1, 0.15) is 5.56 Å². The van der Waals surface area contributed by atoms with E-state index in [4.69, 9.17) is 14.2 Å². The molecule has 0 bridgehead atoms. The molecule has 1 aromatic carbocycles. The second-order valence-electron chi connectivity index (χ2n) is 5.34. The monoisotopic (exact) mass is 384 g/mol. The number of rotatable bonds is 9. The molecule has 0 aromatic heterocycles. The van der Waals surface area contributed by atoms with Crippen LogP contribution < -0.4 is 14.8 Å². The fraction of sp³-hybridized carbons (Fsp3) is 0.529. The van der Waals surface area contributed by atoms with Crippen molar-refractivity contribution in [1.29, 1.82) is 0 Å². The summed E-state index contributed by atoms with van der Waals surface area (Å²) in [7, 11) is 1.65. The van der Waals surface area contributed by atoms with Gasteiger partial charge < -0.3 is 19.5 Å². The van der Waals surface area contributed by atoms with Crippen LogP contribution in [0.2, 0.25) is 0 Å². The molecule has 1 fully saturated rings. The third kappa shape index (κ3) is 5.80. The van der Waals surface area contributed by atoms with Gasteiger partial charge in [-0.25, -0.2) is 0 Å². The van der Waals surface area contributed by atoms with Crippen molar-refractivity contribution in [3.8, 4) is 11.5 Å². The van der Waals surface area contributed by atoms with E-state index in [2.05, 4.69) is 38.8 Å². The molecule has 0 radical (unpaired) electrons. The molecular weight excluding hydrogens is 360 g/mol. The highest BCUT2D eigenvalue weighted by molar-refractivity contribution is 9.10. The molecule has 0 spiro atoms. The van der Waals surface area contributed by atoms with Gasteiger partial charge in [0.05, 0.1) is 24.8 Å². The van der Waals surface area contributed by atoms with Gasteiger partial charge in [0.15, 0.2) is 11.5 Å². The molecule has 1 aliphatic heterocycles. The van der Waals surface area contributed by atoms with Gasteiger partial charge in [0, 0.05) is 32.7 Å². The molecule has 0 aliphatic carbocycles. The summed E-state index contributed by atoms with van der Waals surface area (Å²) in [6.45, 7) is 10.6. The maximum absolute atomic E-state index is 5.64. The van der Waals surface area contributed by atoms with Crippen LogP contribution in [-0.4, -0.2) is 58.0 Å². The molecule has 5 nitrogen and oxygen atoms in total. The summed E-state index contributed by atoms with van der Waals surface area (Å²) < 4.78 is 17.3. The zero-order valence-corrected chi connectivity index (χ0v) is 15.2. The standard InChI is InChI=1S/C17H25BrN2O3/c1-3-8-23-17-15(18)11-14(12-16(17)21-2)13-19-4-5-20-6-9-22-10-7-20/h3,11-12,19H,1,4-10,13H2,2H3. The minimum atomic E-state index is 0.451. The molecule has 128 valence electrons. The van der Waals surface area contributed by atoms with Gasteiger partial charge in [-0.05, 0) is 33.6 Å². The van der Waals surface area contributed by atoms with Crippen molar-refractivity contribution in [1.82, 2.24) is 10.2 Å². The number of benzene rings is 1. The first kappa shape index (κ1) is 18.3. The second kappa shape index (κ2) is 9.93. The Hall–Kier alpha value is -1.08. The van der Waals surface area contributed by atoms with Crippen molar-refractivity contribution in [3.05, 3.63) is 34.8 Å². The predicted molar refractivity (Wildman–Crippen MR) is 95.4 cm³/mol. The Balaban J connectivity index is 1.84. The van der Waals surface area contributed by atoms with Gasteiger partial charge in [-0.15, -0.1) is 0 Å². The number of halogens is 1. The van der Waals surface area contributed by atoms with E-state index in [1.165, 1.54) is 0 Å². The van der Waals surface area contributed by atoms with E-state index < -0.39 is 0 Å². The first-order valence-corrected chi connectivity index (χ1v) is 8.65. The van der Waals surface area contributed by atoms with Crippen molar-refractivity contribution < 1.29 is 14.2 Å². The van der Waals surface area contributed by atoms with E-state index >= 15 is 0 Å². The largest absolute Gasteiger partial charge is 0.493 e. The van der Waals surface area contributed by atoms with E-state index in [1.54, 1.807) is 13.2 Å². The van der Waals surface area contributed by atoms with Crippen LogP contribution in [0.25, 0.3) is 0 Å². The van der Waals surface area contributed by atoms with Crippen molar-refractivity contribution in [2.24, 2.45) is 0 Å². The molecule has 0 atom stereocenters. The normalized spacial score (nSPS) is 15.4. The Morgan fingerprint density at radius 3 is 2.87 bits per heavy atom. The van der Waals surface area contributed by atoms with Gasteiger partial charge in [0.1, 0.15) is 6.61 Å². The van der Waals surface area contributed by atoms with E-state index in [1.807, 2.05) is 6.07 Å². The summed E-state index contributed by atoms with van der Waals surface area (Å²) in [5.74, 6) is 1.44. The van der Waals surface area contributed by atoms with E-state index in [-0.39, 0.29) is 0 Å². The lowest BCUT2D eigenvalue weighted by molar-refractivity contribution is 0.0384. The molecule has 1 aromatic rings. The van der Waals surface area contributed by atoms with E-state index in [0.717, 1.165) is 61.7 Å². The fourth-order valence-corrected chi connectivity index (χ4v) is 3.06. The van der Waals surface area contributed by atoms with Crippen LogP contribution in [0, 0.1) is 0 Å². The Morgan fingerprint density at radius 2 is 2.17 bits per heavy atom. The molecule has 1 heterocycles. The smallest absolute Gasteiger partial charge is 0.175 e. The number of morpholine rings is 1. The van der Waals surface area contributed by atoms with Crippen molar-refractivity contribution in [3.63, 3.8) is 0 Å². The zero-order chi connectivity index (χ0) is 16.5. The summed E-state index contributed by atoms with van der Waals surface area (Å²) in [6, 6.07) is 4.06. The number of hydrogen-bond acceptors (Lipinski definition) is 5. The molecule has 0 saturated carbocycles. The maximum atomic E-state index is 5.64. The van der Waals surface area contributed by atoms with Crippen molar-refractivity contribution in [2.45, 2.75) is 6.54 Å². The van der Waals surface area contributed by atoms with Gasteiger partial charge in [0.2, 0.25) is 0 Å². The second-order valence-corrected chi connectivity index (χ2v) is 6.19. The lowest BCUT2D eigenvalue weighted by Gasteiger charge is -2.26. The van der Waals surface area contributed by atoms with Gasteiger partial charge in [-0.2, -0.15) is 0 Å². The predicted octanol–water partition coefficient (Wildman–Crippen LogP) is 2.44. The minimum absolute atomic E-state index is 0.451. The lowest BCUT2D eigenvalue weighted by Crippen LogP contribution is -2.40. The van der Waals surface area contributed by atoms with Gasteiger partial charge >= 0.3 is 0 Å². The van der Waals surface area contributed by atoms with Gasteiger partial charge in [0.25, 0.3) is 0 Å². The Morgan fingerprint density at radius 1 is 1.39 bits per heavy atom. The molecule has 23 heavy (non-hydrogen) atoms. The summed E-state index contributed by atoms with van der Waals surface area (Å²) in [5, 5.41) is 3.47. The third-order valence-electron chi connectivity index (χ3n) is 3.67. The fourth-order valence-electron chi connectivity index (χ4n) is 2.45. The summed E-state index contributed by atoms with van der Waals surface area (Å²) in [6.07, 6.45) is 1.72. The molecule has 0 unspecified atom stereocenters. The van der Waals surface area contributed by atoms with Crippen molar-refractivity contribution in [2.75, 3.05) is 53.1 Å². The van der Waals surface area contributed by atoms with E-state index in [0.29, 0.717) is 12.4 Å². The van der Waals surface area contributed by atoms with Crippen LogP contribution >= 0.6 is 15.9 Å². The Kier molecular flexibility index (Phi) is 7.88. The number of methoxy groups -OCH3 is 1. The van der Waals surface area contributed by atoms with Gasteiger partial charge in [-0.3, -0.25) is 4.90 Å². The van der Waals surface area contributed by atoms with Crippen LogP contribution in [0.5, 0.6) is 11.5 Å². The maximum Gasteiger partial charge on any atom is 0.175 e. The van der Waals surface area contributed by atoms with Crippen molar-refractivity contribution >= 4 is 15.9 Å². The average molecular weight is 385 g/mol. The highest BCUT2D eigenvalue weighted by Crippen LogP contribution is 2.36. The van der Waals surface area contributed by atoms with Crippen LogP contribution in [-0.2, 0) is 11.3 Å². The number of ether oxygens (including phenoxy) is 3. The first-order chi connectivity index (χ1) is 11.2. The third-order valence-corrected chi connectivity index (χ3v) is 4.26. The lowest BCUT2D eigenvalue weighted by atomic mass is 10.2. The molecular formula is C17H25BrN2O3. The summed E-state index contributed by atoms with van der Waals surface area (Å²) in [4.78, 5) is 2.42. The number of nitrogens with one attached hydrogen (secondary N) is 1. The van der Waals surface area contributed by atoms with Crippen LogP contribution in [0.3, 0.4) is 0 Å². The highest BCUT2D eigenvalue weighted by atomic mass is 79.9. The first-order valence-electron chi connectivity index (χ1n) is 7.85. The number of nitrogens with zero attached hydrogens (tertiary/aromatic N) is 1. The van der Waals surface area contributed by atoms with Crippen LogP contribution in [0.4, 0.5) is 0 Å². The molecule has 1 aliphatic rings. The highest BCUT2D eigenvalue weighted by Gasteiger charge is 2.12.